The average molecular weight is 820 g/mol. The Balaban J connectivity index is 3.32. The molecule has 0 saturated carbocycles. The maximum atomic E-state index is 12.2. The van der Waals surface area contributed by atoms with Gasteiger partial charge in [0, 0.05) is 6.42 Å². The van der Waals surface area contributed by atoms with E-state index in [2.05, 4.69) is 13.8 Å². The topological polar surface area (TPSA) is 78.6 Å². The Morgan fingerprint density at radius 2 is 0.534 bits per heavy atom. The molecule has 5 heteroatoms. The molecule has 0 saturated heterocycles. The molecule has 5 nitrogen and oxygen atoms in total. The fraction of sp³-hybridized carbons (Fsp3) is 0.962. The van der Waals surface area contributed by atoms with E-state index in [-0.39, 0.29) is 18.8 Å². The van der Waals surface area contributed by atoms with E-state index < -0.39 is 12.0 Å². The maximum Gasteiger partial charge on any atom is 0.322 e. The van der Waals surface area contributed by atoms with Crippen molar-refractivity contribution in [3.8, 4) is 0 Å². The Hall–Kier alpha value is -1.10. The molecule has 0 aromatic heterocycles. The highest BCUT2D eigenvalue weighted by Gasteiger charge is 2.17. The highest BCUT2D eigenvalue weighted by atomic mass is 16.5. The van der Waals surface area contributed by atoms with Crippen LogP contribution in [0.25, 0.3) is 0 Å². The number of ether oxygens (including phenoxy) is 2. The molecule has 0 amide bonds. The lowest BCUT2D eigenvalue weighted by atomic mass is 10.0. The molecule has 58 heavy (non-hydrogen) atoms. The van der Waals surface area contributed by atoms with Crippen molar-refractivity contribution in [2.75, 3.05) is 13.2 Å². The fourth-order valence-corrected chi connectivity index (χ4v) is 8.35. The molecular formula is C53H105NO4. The van der Waals surface area contributed by atoms with E-state index in [1.807, 2.05) is 0 Å². The van der Waals surface area contributed by atoms with E-state index in [4.69, 9.17) is 15.2 Å². The van der Waals surface area contributed by atoms with E-state index in [1.54, 1.807) is 0 Å². The van der Waals surface area contributed by atoms with Crippen molar-refractivity contribution < 1.29 is 19.1 Å². The molecule has 0 aliphatic carbocycles. The second-order valence-corrected chi connectivity index (χ2v) is 18.4. The molecule has 0 aliphatic rings. The second kappa shape index (κ2) is 50.3. The molecule has 0 bridgehead atoms. The summed E-state index contributed by atoms with van der Waals surface area (Å²) in [5.74, 6) is -0.651. The third-order valence-corrected chi connectivity index (χ3v) is 12.5. The second-order valence-electron chi connectivity index (χ2n) is 18.4. The summed E-state index contributed by atoms with van der Waals surface area (Å²) in [4.78, 5) is 24.4. The SMILES string of the molecule is CCCCCCCCCCCCCCCCCCCCCCCCOC(=O)CCC(N)C(=O)OCCCCCCCCCCCCCCCCCCCCCCCC. The van der Waals surface area contributed by atoms with Gasteiger partial charge in [0.1, 0.15) is 6.04 Å². The summed E-state index contributed by atoms with van der Waals surface area (Å²) in [5, 5.41) is 0. The molecule has 0 heterocycles. The van der Waals surface area contributed by atoms with Crippen LogP contribution in [0.5, 0.6) is 0 Å². The maximum absolute atomic E-state index is 12.2. The monoisotopic (exact) mass is 820 g/mol. The smallest absolute Gasteiger partial charge is 0.322 e. The van der Waals surface area contributed by atoms with Crippen molar-refractivity contribution in [3.05, 3.63) is 0 Å². The Kier molecular flexibility index (Phi) is 49.3. The summed E-state index contributed by atoms with van der Waals surface area (Å²) in [6.45, 7) is 5.48. The molecule has 0 aromatic rings. The van der Waals surface area contributed by atoms with Gasteiger partial charge in [0.2, 0.25) is 0 Å². The molecule has 1 atom stereocenters. The lowest BCUT2D eigenvalue weighted by Gasteiger charge is -2.11. The van der Waals surface area contributed by atoms with Gasteiger partial charge in [0.25, 0.3) is 0 Å². The van der Waals surface area contributed by atoms with Crippen LogP contribution in [0, 0.1) is 0 Å². The normalized spacial score (nSPS) is 12.0. The van der Waals surface area contributed by atoms with Crippen LogP contribution in [0.2, 0.25) is 0 Å². The Morgan fingerprint density at radius 3 is 0.776 bits per heavy atom. The zero-order valence-electron chi connectivity index (χ0n) is 39.7. The largest absolute Gasteiger partial charge is 0.466 e. The number of unbranched alkanes of at least 4 members (excludes halogenated alkanes) is 42. The number of rotatable bonds is 50. The van der Waals surface area contributed by atoms with Gasteiger partial charge in [0.05, 0.1) is 13.2 Å². The predicted octanol–water partition coefficient (Wildman–Crippen LogP) is 17.4. The van der Waals surface area contributed by atoms with Crippen molar-refractivity contribution in [2.24, 2.45) is 5.73 Å². The number of esters is 2. The first-order chi connectivity index (χ1) is 28.6. The first kappa shape index (κ1) is 56.9. The Bertz CT molecular complexity index is 803. The lowest BCUT2D eigenvalue weighted by molar-refractivity contribution is -0.146. The van der Waals surface area contributed by atoms with Crippen molar-refractivity contribution in [3.63, 3.8) is 0 Å². The number of hydrogen-bond donors (Lipinski definition) is 1. The highest BCUT2D eigenvalue weighted by Crippen LogP contribution is 2.17. The number of nitrogens with two attached hydrogens (primary N) is 1. The molecule has 0 spiro atoms. The molecule has 0 rings (SSSR count). The zero-order chi connectivity index (χ0) is 42.1. The minimum Gasteiger partial charge on any atom is -0.466 e. The van der Waals surface area contributed by atoms with Crippen LogP contribution < -0.4 is 5.73 Å². The van der Waals surface area contributed by atoms with Gasteiger partial charge in [-0.1, -0.05) is 284 Å². The number of carbonyl (C=O) groups is 2. The molecule has 2 N–H and O–H groups in total. The molecular weight excluding hydrogens is 715 g/mol. The van der Waals surface area contributed by atoms with Gasteiger partial charge in [-0.25, -0.2) is 0 Å². The van der Waals surface area contributed by atoms with E-state index >= 15 is 0 Å². The van der Waals surface area contributed by atoms with Crippen LogP contribution in [-0.4, -0.2) is 31.2 Å². The van der Waals surface area contributed by atoms with E-state index in [9.17, 15) is 9.59 Å². The van der Waals surface area contributed by atoms with E-state index in [0.717, 1.165) is 25.7 Å². The standard InChI is InChI=1S/C53H105NO4/c1-3-5-7-9-11-13-15-17-19-21-23-25-27-29-31-33-35-37-39-41-43-45-49-57-52(55)48-47-51(54)53(56)58-50-46-44-42-40-38-36-34-32-30-28-26-24-22-20-18-16-14-12-10-8-6-4-2/h51H,3-50,54H2,1-2H3. The predicted molar refractivity (Wildman–Crippen MR) is 254 cm³/mol. The van der Waals surface area contributed by atoms with Gasteiger partial charge in [-0.3, -0.25) is 9.59 Å². The molecule has 1 unspecified atom stereocenters. The zero-order valence-corrected chi connectivity index (χ0v) is 39.7. The van der Waals surface area contributed by atoms with Crippen LogP contribution >= 0.6 is 0 Å². The molecule has 0 fully saturated rings. The van der Waals surface area contributed by atoms with Gasteiger partial charge in [0.15, 0.2) is 0 Å². The third kappa shape index (κ3) is 47.6. The number of hydrogen-bond acceptors (Lipinski definition) is 5. The minimum atomic E-state index is -0.748. The van der Waals surface area contributed by atoms with Gasteiger partial charge in [-0.15, -0.1) is 0 Å². The van der Waals surface area contributed by atoms with Crippen LogP contribution in [0.1, 0.15) is 309 Å². The highest BCUT2D eigenvalue weighted by molar-refractivity contribution is 5.77. The summed E-state index contributed by atoms with van der Waals surface area (Å²) in [7, 11) is 0. The van der Waals surface area contributed by atoms with Gasteiger partial charge < -0.3 is 15.2 Å². The first-order valence-corrected chi connectivity index (χ1v) is 26.7. The van der Waals surface area contributed by atoms with Crippen LogP contribution in [-0.2, 0) is 19.1 Å². The molecule has 0 aliphatic heterocycles. The summed E-state index contributed by atoms with van der Waals surface area (Å²) < 4.78 is 10.8. The molecule has 346 valence electrons. The fourth-order valence-electron chi connectivity index (χ4n) is 8.35. The summed E-state index contributed by atoms with van der Waals surface area (Å²) in [6.07, 6.45) is 60.5. The van der Waals surface area contributed by atoms with E-state index in [0.29, 0.717) is 13.2 Å². The minimum absolute atomic E-state index is 0.176. The molecule has 0 aromatic carbocycles. The van der Waals surface area contributed by atoms with Crippen LogP contribution in [0.4, 0.5) is 0 Å². The van der Waals surface area contributed by atoms with Gasteiger partial charge >= 0.3 is 11.9 Å². The van der Waals surface area contributed by atoms with E-state index in [1.165, 1.54) is 257 Å². The van der Waals surface area contributed by atoms with Crippen molar-refractivity contribution in [2.45, 2.75) is 315 Å². The van der Waals surface area contributed by atoms with Gasteiger partial charge in [-0.2, -0.15) is 0 Å². The summed E-state index contributed by atoms with van der Waals surface area (Å²) in [6, 6.07) is -0.748. The summed E-state index contributed by atoms with van der Waals surface area (Å²) >= 11 is 0. The Morgan fingerprint density at radius 1 is 0.328 bits per heavy atom. The quantitative estimate of drug-likeness (QED) is 0.0488. The average Bonchev–Trinajstić information content (AvgIpc) is 3.23. The number of carbonyl (C=O) groups excluding carboxylic acids is 2. The summed E-state index contributed by atoms with van der Waals surface area (Å²) in [5.41, 5.74) is 5.99. The third-order valence-electron chi connectivity index (χ3n) is 12.5. The van der Waals surface area contributed by atoms with Crippen molar-refractivity contribution in [1.82, 2.24) is 0 Å². The van der Waals surface area contributed by atoms with Crippen molar-refractivity contribution in [1.29, 1.82) is 0 Å². The van der Waals surface area contributed by atoms with Gasteiger partial charge in [-0.05, 0) is 19.3 Å². The Labute approximate surface area is 364 Å². The van der Waals surface area contributed by atoms with Crippen LogP contribution in [0.3, 0.4) is 0 Å². The van der Waals surface area contributed by atoms with Crippen molar-refractivity contribution >= 4 is 11.9 Å². The molecule has 0 radical (unpaired) electrons. The van der Waals surface area contributed by atoms with Crippen LogP contribution in [0.15, 0.2) is 0 Å². The first-order valence-electron chi connectivity index (χ1n) is 26.7. The lowest BCUT2D eigenvalue weighted by Crippen LogP contribution is -2.33.